The first-order chi connectivity index (χ1) is 15.5. The smallest absolute Gasteiger partial charge is 0.276 e. The Hall–Kier alpha value is -3.93. The molecule has 1 heterocycles. The van der Waals surface area contributed by atoms with Crippen LogP contribution in [0, 0.1) is 0 Å². The highest BCUT2D eigenvalue weighted by Crippen LogP contribution is 2.31. The summed E-state index contributed by atoms with van der Waals surface area (Å²) in [6, 6.07) is 24.2. The molecule has 0 radical (unpaired) electrons. The van der Waals surface area contributed by atoms with E-state index in [9.17, 15) is 9.59 Å². The van der Waals surface area contributed by atoms with Gasteiger partial charge in [0.25, 0.3) is 5.91 Å². The normalized spacial score (nSPS) is 17.2. The molecule has 3 aromatic rings. The highest BCUT2D eigenvalue weighted by atomic mass is 16.5. The summed E-state index contributed by atoms with van der Waals surface area (Å²) in [5.41, 5.74) is 3.52. The molecule has 0 bridgehead atoms. The van der Waals surface area contributed by atoms with Gasteiger partial charge in [0.1, 0.15) is 17.4 Å². The van der Waals surface area contributed by atoms with Gasteiger partial charge in [0.2, 0.25) is 5.91 Å². The summed E-state index contributed by atoms with van der Waals surface area (Å²) in [6.45, 7) is 0.205. The van der Waals surface area contributed by atoms with Crippen molar-refractivity contribution in [3.05, 3.63) is 90.0 Å². The van der Waals surface area contributed by atoms with Crippen LogP contribution in [0.2, 0.25) is 0 Å². The molecule has 0 N–H and O–H groups in total. The molecule has 6 heteroatoms. The summed E-state index contributed by atoms with van der Waals surface area (Å²) in [7, 11) is 5.53. The molecule has 162 valence electrons. The topological polar surface area (TPSA) is 62.2 Å². The molecule has 1 fully saturated rings. The van der Waals surface area contributed by atoms with Crippen molar-refractivity contribution in [3.63, 3.8) is 0 Å². The van der Waals surface area contributed by atoms with E-state index in [2.05, 4.69) is 4.99 Å². The maximum Gasteiger partial charge on any atom is 0.276 e. The Kier molecular flexibility index (Phi) is 6.03. The molecule has 1 atom stereocenters. The first-order valence-corrected chi connectivity index (χ1v) is 10.4. The quantitative estimate of drug-likeness (QED) is 0.554. The highest BCUT2D eigenvalue weighted by Gasteiger charge is 2.45. The second kappa shape index (κ2) is 9.06. The Labute approximate surface area is 187 Å². The summed E-state index contributed by atoms with van der Waals surface area (Å²) in [5.74, 6) is -0.654. The molecule has 1 saturated heterocycles. The van der Waals surface area contributed by atoms with Gasteiger partial charge in [-0.1, -0.05) is 42.5 Å². The second-order valence-electron chi connectivity index (χ2n) is 7.83. The molecule has 2 amide bonds. The van der Waals surface area contributed by atoms with E-state index in [0.717, 1.165) is 16.8 Å². The van der Waals surface area contributed by atoms with Gasteiger partial charge in [-0.3, -0.25) is 14.5 Å². The number of carbonyl (C=O) groups is 2. The summed E-state index contributed by atoms with van der Waals surface area (Å²) in [6.07, 6.45) is 0. The van der Waals surface area contributed by atoms with Gasteiger partial charge >= 0.3 is 0 Å². The summed E-state index contributed by atoms with van der Waals surface area (Å²) in [4.78, 5) is 34.6. The van der Waals surface area contributed by atoms with Crippen LogP contribution in [0.5, 0.6) is 5.75 Å². The number of carbonyl (C=O) groups excluding carboxylic acids is 2. The number of likely N-dealkylation sites (tertiary alicyclic amines) is 1. The summed E-state index contributed by atoms with van der Waals surface area (Å²) in [5, 5.41) is 0. The maximum absolute atomic E-state index is 13.4. The minimum absolute atomic E-state index is 0.205. The summed E-state index contributed by atoms with van der Waals surface area (Å²) < 4.78 is 5.19. The highest BCUT2D eigenvalue weighted by molar-refractivity contribution is 6.52. The number of methoxy groups -OCH3 is 1. The van der Waals surface area contributed by atoms with Gasteiger partial charge in [0, 0.05) is 19.8 Å². The third-order valence-electron chi connectivity index (χ3n) is 5.50. The van der Waals surface area contributed by atoms with E-state index in [-0.39, 0.29) is 24.1 Å². The van der Waals surface area contributed by atoms with E-state index in [1.807, 2.05) is 73.6 Å². The van der Waals surface area contributed by atoms with Crippen LogP contribution in [0.15, 0.2) is 83.9 Å². The van der Waals surface area contributed by atoms with Crippen molar-refractivity contribution in [1.82, 2.24) is 4.90 Å². The van der Waals surface area contributed by atoms with Crippen molar-refractivity contribution in [1.29, 1.82) is 0 Å². The van der Waals surface area contributed by atoms with Crippen molar-refractivity contribution in [2.75, 3.05) is 26.1 Å². The number of aliphatic imine (C=N–C) groups is 1. The first kappa shape index (κ1) is 21.3. The van der Waals surface area contributed by atoms with Crippen LogP contribution in [0.25, 0.3) is 0 Å². The van der Waals surface area contributed by atoms with Crippen LogP contribution in [-0.4, -0.2) is 43.6 Å². The molecule has 1 aliphatic rings. The molecular weight excluding hydrogens is 402 g/mol. The fourth-order valence-electron chi connectivity index (χ4n) is 3.72. The number of imide groups is 1. The lowest BCUT2D eigenvalue weighted by Gasteiger charge is -2.16. The number of hydrogen-bond acceptors (Lipinski definition) is 5. The van der Waals surface area contributed by atoms with E-state index >= 15 is 0 Å². The van der Waals surface area contributed by atoms with Crippen molar-refractivity contribution < 1.29 is 14.3 Å². The molecule has 0 aromatic heterocycles. The minimum Gasteiger partial charge on any atom is -0.497 e. The van der Waals surface area contributed by atoms with Gasteiger partial charge < -0.3 is 9.64 Å². The number of rotatable bonds is 6. The zero-order valence-corrected chi connectivity index (χ0v) is 18.4. The number of benzene rings is 3. The monoisotopic (exact) mass is 427 g/mol. The summed E-state index contributed by atoms with van der Waals surface area (Å²) >= 11 is 0. The van der Waals surface area contributed by atoms with Crippen LogP contribution in [0.3, 0.4) is 0 Å². The van der Waals surface area contributed by atoms with Gasteiger partial charge in [0.05, 0.1) is 19.3 Å². The van der Waals surface area contributed by atoms with Crippen LogP contribution in [0.4, 0.5) is 11.4 Å². The van der Waals surface area contributed by atoms with Gasteiger partial charge in [-0.25, -0.2) is 4.99 Å². The van der Waals surface area contributed by atoms with Crippen LogP contribution in [-0.2, 0) is 16.1 Å². The van der Waals surface area contributed by atoms with Gasteiger partial charge in [-0.05, 0) is 47.5 Å². The molecule has 0 aliphatic carbocycles. The molecule has 0 saturated carbocycles. The average Bonchev–Trinajstić information content (AvgIpc) is 3.04. The van der Waals surface area contributed by atoms with Crippen LogP contribution in [0.1, 0.15) is 17.0 Å². The largest absolute Gasteiger partial charge is 0.497 e. The third-order valence-corrected chi connectivity index (χ3v) is 5.50. The number of nitrogens with zero attached hydrogens (tertiary/aromatic N) is 3. The Morgan fingerprint density at radius 2 is 1.56 bits per heavy atom. The van der Waals surface area contributed by atoms with E-state index in [4.69, 9.17) is 4.74 Å². The molecule has 0 spiro atoms. The predicted octanol–water partition coefficient (Wildman–Crippen LogP) is 4.19. The van der Waals surface area contributed by atoms with Crippen molar-refractivity contribution in [3.8, 4) is 5.75 Å². The van der Waals surface area contributed by atoms with Crippen molar-refractivity contribution >= 4 is 28.9 Å². The zero-order chi connectivity index (χ0) is 22.7. The molecule has 1 unspecified atom stereocenters. The number of amides is 2. The number of anilines is 1. The average molecular weight is 428 g/mol. The molecule has 6 nitrogen and oxygen atoms in total. The second-order valence-corrected chi connectivity index (χ2v) is 7.83. The Morgan fingerprint density at radius 1 is 0.906 bits per heavy atom. The lowest BCUT2D eigenvalue weighted by Crippen LogP contribution is -2.30. The lowest BCUT2D eigenvalue weighted by atomic mass is 9.96. The van der Waals surface area contributed by atoms with Crippen molar-refractivity contribution in [2.45, 2.75) is 12.5 Å². The van der Waals surface area contributed by atoms with Crippen LogP contribution >= 0.6 is 0 Å². The van der Waals surface area contributed by atoms with Crippen molar-refractivity contribution in [2.24, 2.45) is 4.99 Å². The standard InChI is InChI=1S/C26H25N3O3/c1-28(2)21-13-9-18(10-14-21)17-29-25(30)23(19-7-5-4-6-8-19)24(26(29)31)27-20-11-15-22(32-3)16-12-20/h4-16,23H,17H2,1-3H3. The number of ether oxygens (including phenoxy) is 1. The Morgan fingerprint density at radius 3 is 2.16 bits per heavy atom. The first-order valence-electron chi connectivity index (χ1n) is 10.4. The molecule has 32 heavy (non-hydrogen) atoms. The molecule has 3 aromatic carbocycles. The van der Waals surface area contributed by atoms with E-state index in [0.29, 0.717) is 11.4 Å². The molecule has 1 aliphatic heterocycles. The SMILES string of the molecule is COc1ccc(N=C2C(=O)N(Cc3ccc(N(C)C)cc3)C(=O)C2c2ccccc2)cc1. The zero-order valence-electron chi connectivity index (χ0n) is 18.4. The van der Waals surface area contributed by atoms with Crippen LogP contribution < -0.4 is 9.64 Å². The Bertz CT molecular complexity index is 1140. The lowest BCUT2D eigenvalue weighted by molar-refractivity contribution is -0.138. The third kappa shape index (κ3) is 4.25. The Balaban J connectivity index is 1.69. The van der Waals surface area contributed by atoms with E-state index < -0.39 is 5.92 Å². The molecule has 4 rings (SSSR count). The fourth-order valence-corrected chi connectivity index (χ4v) is 3.72. The van der Waals surface area contributed by atoms with Gasteiger partial charge in [0.15, 0.2) is 0 Å². The maximum atomic E-state index is 13.4. The fraction of sp³-hybridized carbons (Fsp3) is 0.192. The predicted molar refractivity (Wildman–Crippen MR) is 126 cm³/mol. The minimum atomic E-state index is -0.730. The van der Waals surface area contributed by atoms with Gasteiger partial charge in [-0.15, -0.1) is 0 Å². The number of hydrogen-bond donors (Lipinski definition) is 0. The van der Waals surface area contributed by atoms with E-state index in [1.54, 1.807) is 31.4 Å². The molecular formula is C26H25N3O3. The van der Waals surface area contributed by atoms with E-state index in [1.165, 1.54) is 4.90 Å². The van der Waals surface area contributed by atoms with Gasteiger partial charge in [-0.2, -0.15) is 0 Å².